The van der Waals surface area contributed by atoms with Crippen LogP contribution >= 0.6 is 11.6 Å². The third kappa shape index (κ3) is 3.89. The molecule has 0 aliphatic carbocycles. The summed E-state index contributed by atoms with van der Waals surface area (Å²) in [5.74, 6) is 0.230. The normalized spacial score (nSPS) is 11.8. The maximum Gasteiger partial charge on any atom is 0.283 e. The van der Waals surface area contributed by atoms with Gasteiger partial charge < -0.3 is 9.72 Å². The fourth-order valence-electron chi connectivity index (χ4n) is 2.52. The van der Waals surface area contributed by atoms with Crippen LogP contribution in [0.4, 0.5) is 0 Å². The molecule has 0 spiro atoms. The second-order valence-corrected chi connectivity index (χ2v) is 6.92. The van der Waals surface area contributed by atoms with Gasteiger partial charge in [0.1, 0.15) is 5.75 Å². The molecule has 0 aliphatic heterocycles. The van der Waals surface area contributed by atoms with Crippen LogP contribution in [0, 0.1) is 6.92 Å². The lowest BCUT2D eigenvalue weighted by Gasteiger charge is -2.24. The van der Waals surface area contributed by atoms with E-state index in [2.05, 4.69) is 15.5 Å². The molecule has 6 heteroatoms. The van der Waals surface area contributed by atoms with Crippen LogP contribution in [0.15, 0.2) is 53.8 Å². The summed E-state index contributed by atoms with van der Waals surface area (Å²) in [6.45, 7) is 5.26. The molecule has 3 aromatic rings. The van der Waals surface area contributed by atoms with Crippen LogP contribution in [0.5, 0.6) is 5.75 Å². The number of aromatic nitrogens is 1. The topological polar surface area (TPSA) is 66.5 Å². The van der Waals surface area contributed by atoms with Crippen LogP contribution < -0.4 is 10.2 Å². The zero-order chi connectivity index (χ0) is 18.7. The molecule has 1 aromatic heterocycles. The number of aryl methyl sites for hydroxylation is 1. The average Bonchev–Trinajstić information content (AvgIpc) is 3.01. The molecule has 0 atom stereocenters. The number of halogens is 1. The number of benzene rings is 2. The molecule has 1 amide bonds. The summed E-state index contributed by atoms with van der Waals surface area (Å²) in [6.07, 6.45) is 3.46. The Hall–Kier alpha value is -2.79. The van der Waals surface area contributed by atoms with Crippen molar-refractivity contribution in [3.05, 3.63) is 64.8 Å². The van der Waals surface area contributed by atoms with Crippen molar-refractivity contribution in [2.75, 3.05) is 0 Å². The zero-order valence-corrected chi connectivity index (χ0v) is 15.6. The number of fused-ring (bicyclic) bond motifs is 1. The molecule has 5 nitrogen and oxygen atoms in total. The first kappa shape index (κ1) is 18.0. The highest BCUT2D eigenvalue weighted by Gasteiger charge is 2.30. The van der Waals surface area contributed by atoms with Gasteiger partial charge in [0.15, 0.2) is 5.60 Å². The Labute approximate surface area is 157 Å². The number of hydrazone groups is 1. The summed E-state index contributed by atoms with van der Waals surface area (Å²) in [4.78, 5) is 15.6. The minimum atomic E-state index is -1.09. The summed E-state index contributed by atoms with van der Waals surface area (Å²) in [6, 6.07) is 13.2. The number of amides is 1. The molecule has 2 aromatic carbocycles. The maximum absolute atomic E-state index is 12.4. The lowest BCUT2D eigenvalue weighted by molar-refractivity contribution is -0.134. The molecule has 0 saturated heterocycles. The molecule has 26 heavy (non-hydrogen) atoms. The Morgan fingerprint density at radius 3 is 2.81 bits per heavy atom. The summed E-state index contributed by atoms with van der Waals surface area (Å²) in [5, 5.41) is 5.75. The van der Waals surface area contributed by atoms with E-state index in [0.717, 1.165) is 22.0 Å². The third-order valence-electron chi connectivity index (χ3n) is 4.04. The van der Waals surface area contributed by atoms with E-state index in [1.54, 1.807) is 38.3 Å². The number of aromatic amines is 1. The van der Waals surface area contributed by atoms with E-state index >= 15 is 0 Å². The van der Waals surface area contributed by atoms with E-state index in [9.17, 15) is 4.79 Å². The molecular weight excluding hydrogens is 350 g/mol. The standard InChI is InChI=1S/C20H20ClN3O2/c1-13-10-15(8-9-17(13)21)26-20(2,3)19(25)24-23-12-14-11-22-18-7-5-4-6-16(14)18/h4-12,22H,1-3H3,(H,24,25). The molecule has 1 heterocycles. The molecule has 0 unspecified atom stereocenters. The Kier molecular flexibility index (Phi) is 5.00. The van der Waals surface area contributed by atoms with Gasteiger partial charge in [0, 0.05) is 27.7 Å². The highest BCUT2D eigenvalue weighted by atomic mass is 35.5. The first-order valence-corrected chi connectivity index (χ1v) is 8.59. The van der Waals surface area contributed by atoms with Crippen LogP contribution in [-0.4, -0.2) is 22.7 Å². The second-order valence-electron chi connectivity index (χ2n) is 6.51. The first-order chi connectivity index (χ1) is 12.4. The van der Waals surface area contributed by atoms with Crippen molar-refractivity contribution >= 4 is 34.6 Å². The number of carbonyl (C=O) groups excluding carboxylic acids is 1. The van der Waals surface area contributed by atoms with Gasteiger partial charge >= 0.3 is 0 Å². The molecule has 0 aliphatic rings. The van der Waals surface area contributed by atoms with E-state index < -0.39 is 5.60 Å². The number of nitrogens with one attached hydrogen (secondary N) is 2. The van der Waals surface area contributed by atoms with Gasteiger partial charge in [0.2, 0.25) is 0 Å². The maximum atomic E-state index is 12.4. The molecule has 3 rings (SSSR count). The van der Waals surface area contributed by atoms with Crippen molar-refractivity contribution in [2.24, 2.45) is 5.10 Å². The van der Waals surface area contributed by atoms with Crippen molar-refractivity contribution < 1.29 is 9.53 Å². The zero-order valence-electron chi connectivity index (χ0n) is 14.8. The summed E-state index contributed by atoms with van der Waals surface area (Å²) in [7, 11) is 0. The first-order valence-electron chi connectivity index (χ1n) is 8.21. The molecule has 134 valence electrons. The fraction of sp³-hybridized carbons (Fsp3) is 0.200. The Morgan fingerprint density at radius 2 is 2.04 bits per heavy atom. The number of ether oxygens (including phenoxy) is 1. The highest BCUT2D eigenvalue weighted by molar-refractivity contribution is 6.31. The number of rotatable bonds is 5. The van der Waals surface area contributed by atoms with Crippen LogP contribution in [-0.2, 0) is 4.79 Å². The molecule has 0 saturated carbocycles. The Morgan fingerprint density at radius 1 is 1.27 bits per heavy atom. The molecule has 2 N–H and O–H groups in total. The van der Waals surface area contributed by atoms with Gasteiger partial charge in [0.25, 0.3) is 5.91 Å². The number of H-pyrrole nitrogens is 1. The Bertz CT molecular complexity index is 976. The number of nitrogens with zero attached hydrogens (tertiary/aromatic N) is 1. The minimum Gasteiger partial charge on any atom is -0.478 e. The number of hydrogen-bond acceptors (Lipinski definition) is 3. The van der Waals surface area contributed by atoms with Crippen molar-refractivity contribution in [3.8, 4) is 5.75 Å². The average molecular weight is 370 g/mol. The van der Waals surface area contributed by atoms with E-state index in [1.165, 1.54) is 0 Å². The number of hydrogen-bond donors (Lipinski definition) is 2. The lowest BCUT2D eigenvalue weighted by Crippen LogP contribution is -2.44. The quantitative estimate of drug-likeness (QED) is 0.515. The van der Waals surface area contributed by atoms with Crippen molar-refractivity contribution in [2.45, 2.75) is 26.4 Å². The van der Waals surface area contributed by atoms with Gasteiger partial charge in [0.05, 0.1) is 6.21 Å². The Balaban J connectivity index is 1.67. The molecule has 0 radical (unpaired) electrons. The fourth-order valence-corrected chi connectivity index (χ4v) is 2.64. The van der Waals surface area contributed by atoms with E-state index in [-0.39, 0.29) is 5.91 Å². The predicted molar refractivity (Wildman–Crippen MR) is 105 cm³/mol. The van der Waals surface area contributed by atoms with Crippen LogP contribution in [0.3, 0.4) is 0 Å². The van der Waals surface area contributed by atoms with E-state index in [1.807, 2.05) is 37.4 Å². The largest absolute Gasteiger partial charge is 0.478 e. The summed E-state index contributed by atoms with van der Waals surface area (Å²) >= 11 is 6.02. The van der Waals surface area contributed by atoms with E-state index in [0.29, 0.717) is 10.8 Å². The van der Waals surface area contributed by atoms with Crippen LogP contribution in [0.2, 0.25) is 5.02 Å². The highest BCUT2D eigenvalue weighted by Crippen LogP contribution is 2.24. The van der Waals surface area contributed by atoms with Gasteiger partial charge in [-0.15, -0.1) is 0 Å². The van der Waals surface area contributed by atoms with E-state index in [4.69, 9.17) is 16.3 Å². The van der Waals surface area contributed by atoms with Gasteiger partial charge in [-0.1, -0.05) is 29.8 Å². The van der Waals surface area contributed by atoms with Crippen LogP contribution in [0.25, 0.3) is 10.9 Å². The second kappa shape index (κ2) is 7.22. The number of para-hydroxylation sites is 1. The van der Waals surface area contributed by atoms with Gasteiger partial charge in [-0.25, -0.2) is 5.43 Å². The molecular formula is C20H20ClN3O2. The lowest BCUT2D eigenvalue weighted by atomic mass is 10.1. The number of carbonyl (C=O) groups is 1. The third-order valence-corrected chi connectivity index (χ3v) is 4.46. The molecule has 0 bridgehead atoms. The summed E-state index contributed by atoms with van der Waals surface area (Å²) < 4.78 is 5.81. The van der Waals surface area contributed by atoms with Crippen molar-refractivity contribution in [1.29, 1.82) is 0 Å². The summed E-state index contributed by atoms with van der Waals surface area (Å²) in [5.41, 5.74) is 4.25. The monoisotopic (exact) mass is 369 g/mol. The van der Waals surface area contributed by atoms with Crippen molar-refractivity contribution in [1.82, 2.24) is 10.4 Å². The smallest absolute Gasteiger partial charge is 0.283 e. The van der Waals surface area contributed by atoms with Gasteiger partial charge in [-0.2, -0.15) is 5.10 Å². The molecule has 0 fully saturated rings. The van der Waals surface area contributed by atoms with Crippen LogP contribution in [0.1, 0.15) is 25.0 Å². The SMILES string of the molecule is Cc1cc(OC(C)(C)C(=O)NN=Cc2c[nH]c3ccccc23)ccc1Cl. The van der Waals surface area contributed by atoms with Gasteiger partial charge in [-0.05, 0) is 50.6 Å². The predicted octanol–water partition coefficient (Wildman–Crippen LogP) is 4.44. The van der Waals surface area contributed by atoms with Crippen molar-refractivity contribution in [3.63, 3.8) is 0 Å². The van der Waals surface area contributed by atoms with Gasteiger partial charge in [-0.3, -0.25) is 4.79 Å². The minimum absolute atomic E-state index is 0.346.